The first-order valence-corrected chi connectivity index (χ1v) is 7.70. The van der Waals surface area contributed by atoms with E-state index in [-0.39, 0.29) is 0 Å². The summed E-state index contributed by atoms with van der Waals surface area (Å²) in [4.78, 5) is 4.28. The van der Waals surface area contributed by atoms with Crippen LogP contribution in [0.15, 0.2) is 66.2 Å². The Morgan fingerprint density at radius 1 is 0.952 bits per heavy atom. The van der Waals surface area contributed by atoms with Crippen molar-refractivity contribution in [3.63, 3.8) is 0 Å². The van der Waals surface area contributed by atoms with E-state index in [4.69, 9.17) is 0 Å². The standard InChI is InChI=1S/C18H13NOS/c20-17(16-7-3-4-9-19-16)15-11-12-5-1-2-6-13(12)14-8-10-21-18(14)15/h1-11,17,20H/t17-/m0/s1. The predicted octanol–water partition coefficient (Wildman–Crippen LogP) is 4.53. The highest BCUT2D eigenvalue weighted by molar-refractivity contribution is 7.17. The largest absolute Gasteiger partial charge is 0.382 e. The first-order chi connectivity index (χ1) is 10.3. The van der Waals surface area contributed by atoms with Crippen molar-refractivity contribution >= 4 is 32.2 Å². The maximum absolute atomic E-state index is 10.7. The van der Waals surface area contributed by atoms with E-state index in [0.717, 1.165) is 15.6 Å². The van der Waals surface area contributed by atoms with E-state index < -0.39 is 6.10 Å². The van der Waals surface area contributed by atoms with Gasteiger partial charge in [0.05, 0.1) is 5.69 Å². The van der Waals surface area contributed by atoms with Gasteiger partial charge in [0.2, 0.25) is 0 Å². The van der Waals surface area contributed by atoms with E-state index in [1.165, 1.54) is 10.8 Å². The molecule has 3 heteroatoms. The molecule has 2 aromatic heterocycles. The zero-order chi connectivity index (χ0) is 14.2. The average Bonchev–Trinajstić information content (AvgIpc) is 3.04. The van der Waals surface area contributed by atoms with Gasteiger partial charge in [0.1, 0.15) is 6.10 Å². The molecule has 0 aliphatic carbocycles. The van der Waals surface area contributed by atoms with Gasteiger partial charge in [-0.3, -0.25) is 4.98 Å². The summed E-state index contributed by atoms with van der Waals surface area (Å²) in [5, 5.41) is 16.4. The zero-order valence-corrected chi connectivity index (χ0v) is 12.0. The van der Waals surface area contributed by atoms with E-state index in [9.17, 15) is 5.11 Å². The number of aromatic nitrogens is 1. The van der Waals surface area contributed by atoms with Crippen molar-refractivity contribution in [1.82, 2.24) is 4.98 Å². The molecule has 0 bridgehead atoms. The summed E-state index contributed by atoms with van der Waals surface area (Å²) in [7, 11) is 0. The quantitative estimate of drug-likeness (QED) is 0.588. The van der Waals surface area contributed by atoms with Gasteiger partial charge in [-0.1, -0.05) is 30.3 Å². The van der Waals surface area contributed by atoms with Crippen molar-refractivity contribution in [1.29, 1.82) is 0 Å². The Kier molecular flexibility index (Phi) is 2.95. The number of aliphatic hydroxyl groups excluding tert-OH is 1. The molecular weight excluding hydrogens is 278 g/mol. The van der Waals surface area contributed by atoms with Crippen LogP contribution in [0.2, 0.25) is 0 Å². The second kappa shape index (κ2) is 4.95. The fraction of sp³-hybridized carbons (Fsp3) is 0.0556. The molecule has 2 aromatic carbocycles. The number of fused-ring (bicyclic) bond motifs is 3. The van der Waals surface area contributed by atoms with Gasteiger partial charge in [0.15, 0.2) is 0 Å². The molecule has 0 radical (unpaired) electrons. The number of hydrogen-bond donors (Lipinski definition) is 1. The van der Waals surface area contributed by atoms with Gasteiger partial charge >= 0.3 is 0 Å². The van der Waals surface area contributed by atoms with E-state index in [0.29, 0.717) is 5.69 Å². The number of benzene rings is 2. The highest BCUT2D eigenvalue weighted by Crippen LogP contribution is 2.36. The summed E-state index contributed by atoms with van der Waals surface area (Å²) in [5.74, 6) is 0. The summed E-state index contributed by atoms with van der Waals surface area (Å²) < 4.78 is 1.13. The number of rotatable bonds is 2. The third kappa shape index (κ3) is 2.02. The fourth-order valence-electron chi connectivity index (χ4n) is 2.75. The molecule has 0 amide bonds. The van der Waals surface area contributed by atoms with E-state index in [1.807, 2.05) is 30.3 Å². The van der Waals surface area contributed by atoms with Crippen molar-refractivity contribution in [2.45, 2.75) is 6.10 Å². The smallest absolute Gasteiger partial charge is 0.122 e. The van der Waals surface area contributed by atoms with Gasteiger partial charge in [0.25, 0.3) is 0 Å². The molecule has 0 saturated heterocycles. The van der Waals surface area contributed by atoms with Crippen LogP contribution in [0, 0.1) is 0 Å². The SMILES string of the molecule is O[C@H](c1ccccn1)c1cc2ccccc2c2ccsc12. The van der Waals surface area contributed by atoms with Crippen molar-refractivity contribution in [3.05, 3.63) is 77.4 Å². The molecule has 102 valence electrons. The van der Waals surface area contributed by atoms with Crippen LogP contribution in [0.3, 0.4) is 0 Å². The second-order valence-corrected chi connectivity index (χ2v) is 5.92. The Bertz CT molecular complexity index is 914. The number of pyridine rings is 1. The maximum Gasteiger partial charge on any atom is 0.122 e. The van der Waals surface area contributed by atoms with Gasteiger partial charge in [0, 0.05) is 21.8 Å². The molecule has 0 aliphatic heterocycles. The van der Waals surface area contributed by atoms with Crippen LogP contribution in [0.4, 0.5) is 0 Å². The normalized spacial score (nSPS) is 12.8. The Morgan fingerprint density at radius 3 is 2.67 bits per heavy atom. The molecule has 21 heavy (non-hydrogen) atoms. The van der Waals surface area contributed by atoms with Crippen LogP contribution in [0.25, 0.3) is 20.9 Å². The highest BCUT2D eigenvalue weighted by Gasteiger charge is 2.17. The number of thiophene rings is 1. The van der Waals surface area contributed by atoms with Crippen LogP contribution in [-0.4, -0.2) is 10.1 Å². The number of hydrogen-bond acceptors (Lipinski definition) is 3. The molecule has 0 aliphatic rings. The van der Waals surface area contributed by atoms with E-state index >= 15 is 0 Å². The first-order valence-electron chi connectivity index (χ1n) is 6.82. The summed E-state index contributed by atoms with van der Waals surface area (Å²) in [6.45, 7) is 0. The van der Waals surface area contributed by atoms with Gasteiger partial charge in [-0.15, -0.1) is 11.3 Å². The molecule has 0 unspecified atom stereocenters. The minimum absolute atomic E-state index is 0.683. The van der Waals surface area contributed by atoms with Crippen LogP contribution < -0.4 is 0 Å². The van der Waals surface area contributed by atoms with E-state index in [1.54, 1.807) is 17.5 Å². The minimum Gasteiger partial charge on any atom is -0.382 e. The highest BCUT2D eigenvalue weighted by atomic mass is 32.1. The Labute approximate surface area is 126 Å². The van der Waals surface area contributed by atoms with Crippen LogP contribution in [0.5, 0.6) is 0 Å². The Balaban J connectivity index is 2.01. The molecule has 2 heterocycles. The molecule has 0 spiro atoms. The Hall–Kier alpha value is -2.23. The summed E-state index contributed by atoms with van der Waals surface area (Å²) >= 11 is 1.66. The third-order valence-electron chi connectivity index (χ3n) is 3.75. The fourth-order valence-corrected chi connectivity index (χ4v) is 3.70. The van der Waals surface area contributed by atoms with Gasteiger partial charge in [-0.05, 0) is 40.4 Å². The lowest BCUT2D eigenvalue weighted by molar-refractivity contribution is 0.217. The van der Waals surface area contributed by atoms with Crippen LogP contribution in [0.1, 0.15) is 17.4 Å². The number of aliphatic hydroxyl groups is 1. The van der Waals surface area contributed by atoms with Gasteiger partial charge in [-0.25, -0.2) is 0 Å². The van der Waals surface area contributed by atoms with Crippen LogP contribution in [-0.2, 0) is 0 Å². The zero-order valence-electron chi connectivity index (χ0n) is 11.2. The molecular formula is C18H13NOS. The predicted molar refractivity (Wildman–Crippen MR) is 87.6 cm³/mol. The number of nitrogens with zero attached hydrogens (tertiary/aromatic N) is 1. The lowest BCUT2D eigenvalue weighted by Crippen LogP contribution is -2.02. The summed E-state index contributed by atoms with van der Waals surface area (Å²) in [5.41, 5.74) is 1.61. The summed E-state index contributed by atoms with van der Waals surface area (Å²) in [6.07, 6.45) is 1.02. The molecule has 0 fully saturated rings. The van der Waals surface area contributed by atoms with Crippen LogP contribution >= 0.6 is 11.3 Å². The van der Waals surface area contributed by atoms with Crippen molar-refractivity contribution in [2.75, 3.05) is 0 Å². The lowest BCUT2D eigenvalue weighted by atomic mass is 9.98. The molecule has 0 saturated carbocycles. The molecule has 1 atom stereocenters. The van der Waals surface area contributed by atoms with Gasteiger partial charge < -0.3 is 5.11 Å². The van der Waals surface area contributed by atoms with Crippen molar-refractivity contribution in [3.8, 4) is 0 Å². The molecule has 4 rings (SSSR count). The molecule has 2 nitrogen and oxygen atoms in total. The van der Waals surface area contributed by atoms with E-state index in [2.05, 4.69) is 34.6 Å². The van der Waals surface area contributed by atoms with Crippen molar-refractivity contribution in [2.24, 2.45) is 0 Å². The molecule has 4 aromatic rings. The minimum atomic E-state index is -0.697. The topological polar surface area (TPSA) is 33.1 Å². The lowest BCUT2D eigenvalue weighted by Gasteiger charge is -2.13. The third-order valence-corrected chi connectivity index (χ3v) is 4.72. The molecule has 1 N–H and O–H groups in total. The average molecular weight is 291 g/mol. The first kappa shape index (κ1) is 12.5. The van der Waals surface area contributed by atoms with Crippen molar-refractivity contribution < 1.29 is 5.11 Å². The summed E-state index contributed by atoms with van der Waals surface area (Å²) in [6, 6.07) is 18.1. The van der Waals surface area contributed by atoms with Gasteiger partial charge in [-0.2, -0.15) is 0 Å². The maximum atomic E-state index is 10.7. The monoisotopic (exact) mass is 291 g/mol. The Morgan fingerprint density at radius 2 is 1.81 bits per heavy atom. The second-order valence-electron chi connectivity index (χ2n) is 5.01.